The molecule has 2 aromatic heterocycles. The molecule has 7 heteroatoms. The molecule has 2 heterocycles. The van der Waals surface area contributed by atoms with Crippen molar-refractivity contribution in [2.75, 3.05) is 17.8 Å². The highest BCUT2D eigenvalue weighted by Crippen LogP contribution is 2.24. The van der Waals surface area contributed by atoms with Gasteiger partial charge in [0.1, 0.15) is 5.52 Å². The number of carbonyl (C=O) groups is 1. The largest absolute Gasteiger partial charge is 0.481 e. The lowest BCUT2D eigenvalue weighted by molar-refractivity contribution is -0.133. The predicted molar refractivity (Wildman–Crippen MR) is 83.4 cm³/mol. The normalized spacial score (nSPS) is 12.7. The third-order valence-electron chi connectivity index (χ3n) is 2.74. The number of thioether (sulfide) groups is 2. The number of aromatic nitrogens is 3. The number of carboxylic acids is 1. The highest BCUT2D eigenvalue weighted by Gasteiger charge is 2.15. The number of pyridine rings is 1. The Labute approximate surface area is 126 Å². The molecule has 5 nitrogen and oxygen atoms in total. The molecule has 1 unspecified atom stereocenters. The van der Waals surface area contributed by atoms with E-state index in [0.29, 0.717) is 5.92 Å². The zero-order valence-electron chi connectivity index (χ0n) is 11.4. The van der Waals surface area contributed by atoms with E-state index in [1.807, 2.05) is 16.7 Å². The highest BCUT2D eigenvalue weighted by molar-refractivity contribution is 7.99. The van der Waals surface area contributed by atoms with Crippen LogP contribution in [0.2, 0.25) is 0 Å². The van der Waals surface area contributed by atoms with E-state index in [4.69, 9.17) is 5.11 Å². The zero-order valence-corrected chi connectivity index (χ0v) is 13.1. The molecule has 0 aromatic carbocycles. The summed E-state index contributed by atoms with van der Waals surface area (Å²) in [6.45, 7) is 2.98. The molecule has 0 aliphatic rings. The van der Waals surface area contributed by atoms with Crippen molar-refractivity contribution in [2.45, 2.75) is 18.6 Å². The maximum absolute atomic E-state index is 10.7. The number of rotatable bonds is 7. The van der Waals surface area contributed by atoms with Gasteiger partial charge in [0.05, 0.1) is 5.75 Å². The fourth-order valence-corrected chi connectivity index (χ4v) is 3.39. The minimum absolute atomic E-state index is 0.0141. The highest BCUT2D eigenvalue weighted by atomic mass is 32.2. The van der Waals surface area contributed by atoms with Crippen LogP contribution in [0, 0.1) is 5.92 Å². The summed E-state index contributed by atoms with van der Waals surface area (Å²) in [6.07, 6.45) is 3.83. The Kier molecular flexibility index (Phi) is 5.31. The quantitative estimate of drug-likeness (QED) is 0.793. The van der Waals surface area contributed by atoms with Crippen molar-refractivity contribution in [1.82, 2.24) is 14.5 Å². The number of imidazole rings is 1. The van der Waals surface area contributed by atoms with Gasteiger partial charge in [0.25, 0.3) is 0 Å². The summed E-state index contributed by atoms with van der Waals surface area (Å²) in [6, 6.07) is 3.75. The molecule has 2 aromatic rings. The molecule has 20 heavy (non-hydrogen) atoms. The van der Waals surface area contributed by atoms with Gasteiger partial charge in [-0.1, -0.05) is 18.7 Å². The van der Waals surface area contributed by atoms with Crippen LogP contribution in [0.5, 0.6) is 0 Å². The van der Waals surface area contributed by atoms with Gasteiger partial charge in [-0.05, 0) is 30.1 Å². The first-order valence-corrected chi connectivity index (χ1v) is 8.64. The van der Waals surface area contributed by atoms with Crippen LogP contribution in [0.1, 0.15) is 6.92 Å². The fourth-order valence-electron chi connectivity index (χ4n) is 1.99. The standard InChI is InChI=1S/C13H17N3O2S2/c1-9(7-19-2)6-16-12-10(4-3-5-14-12)15-13(16)20-8-11(17)18/h3-5,9H,6-8H2,1-2H3,(H,17,18). The molecular weight excluding hydrogens is 294 g/mol. The molecule has 1 atom stereocenters. The van der Waals surface area contributed by atoms with Crippen molar-refractivity contribution in [1.29, 1.82) is 0 Å². The van der Waals surface area contributed by atoms with Crippen LogP contribution in [0.4, 0.5) is 0 Å². The van der Waals surface area contributed by atoms with Crippen LogP contribution < -0.4 is 0 Å². The SMILES string of the molecule is CSCC(C)Cn1c(SCC(=O)O)nc2cccnc21. The van der Waals surface area contributed by atoms with E-state index in [-0.39, 0.29) is 5.75 Å². The second-order valence-electron chi connectivity index (χ2n) is 4.59. The van der Waals surface area contributed by atoms with E-state index in [1.165, 1.54) is 11.8 Å². The first-order valence-electron chi connectivity index (χ1n) is 6.26. The van der Waals surface area contributed by atoms with Gasteiger partial charge in [0.15, 0.2) is 10.8 Å². The van der Waals surface area contributed by atoms with Crippen molar-refractivity contribution in [2.24, 2.45) is 5.92 Å². The molecular formula is C13H17N3O2S2. The smallest absolute Gasteiger partial charge is 0.313 e. The van der Waals surface area contributed by atoms with Gasteiger partial charge >= 0.3 is 5.97 Å². The molecule has 0 bridgehead atoms. The molecule has 0 radical (unpaired) electrons. The lowest BCUT2D eigenvalue weighted by Crippen LogP contribution is -2.12. The van der Waals surface area contributed by atoms with Crippen LogP contribution in [-0.4, -0.2) is 43.4 Å². The molecule has 0 saturated carbocycles. The first kappa shape index (κ1) is 15.2. The number of carboxylic acid groups (broad SMARTS) is 1. The Balaban J connectivity index is 2.31. The Morgan fingerprint density at radius 2 is 2.35 bits per heavy atom. The zero-order chi connectivity index (χ0) is 14.5. The molecule has 0 spiro atoms. The van der Waals surface area contributed by atoms with E-state index >= 15 is 0 Å². The summed E-state index contributed by atoms with van der Waals surface area (Å²) >= 11 is 3.05. The van der Waals surface area contributed by atoms with Crippen molar-refractivity contribution < 1.29 is 9.90 Å². The monoisotopic (exact) mass is 311 g/mol. The Bertz CT molecular complexity index is 600. The van der Waals surface area contributed by atoms with E-state index in [0.717, 1.165) is 28.6 Å². The van der Waals surface area contributed by atoms with E-state index < -0.39 is 5.97 Å². The number of fused-ring (bicyclic) bond motifs is 1. The van der Waals surface area contributed by atoms with Crippen LogP contribution in [-0.2, 0) is 11.3 Å². The van der Waals surface area contributed by atoms with Gasteiger partial charge in [-0.25, -0.2) is 9.97 Å². The minimum atomic E-state index is -0.835. The lowest BCUT2D eigenvalue weighted by atomic mass is 10.2. The van der Waals surface area contributed by atoms with Gasteiger partial charge in [0, 0.05) is 12.7 Å². The number of aliphatic carboxylic acids is 1. The predicted octanol–water partition coefficient (Wildman–Crippen LogP) is 2.61. The van der Waals surface area contributed by atoms with Crippen LogP contribution in [0.25, 0.3) is 11.2 Å². The number of nitrogens with zero attached hydrogens (tertiary/aromatic N) is 3. The van der Waals surface area contributed by atoms with Crippen LogP contribution in [0.15, 0.2) is 23.5 Å². The molecule has 0 aliphatic carbocycles. The number of hydrogen-bond donors (Lipinski definition) is 1. The van der Waals surface area contributed by atoms with Crippen molar-refractivity contribution >= 4 is 40.7 Å². The minimum Gasteiger partial charge on any atom is -0.481 e. The van der Waals surface area contributed by atoms with Crippen LogP contribution in [0.3, 0.4) is 0 Å². The summed E-state index contributed by atoms with van der Waals surface area (Å²) in [5.41, 5.74) is 1.64. The number of hydrogen-bond acceptors (Lipinski definition) is 5. The molecule has 1 N–H and O–H groups in total. The summed E-state index contributed by atoms with van der Waals surface area (Å²) < 4.78 is 2.03. The third kappa shape index (κ3) is 3.67. The van der Waals surface area contributed by atoms with Gasteiger partial charge in [-0.15, -0.1) is 0 Å². The van der Waals surface area contributed by atoms with E-state index in [1.54, 1.807) is 18.0 Å². The van der Waals surface area contributed by atoms with E-state index in [9.17, 15) is 4.79 Å². The average Bonchev–Trinajstić information content (AvgIpc) is 2.75. The van der Waals surface area contributed by atoms with Crippen molar-refractivity contribution in [3.8, 4) is 0 Å². The maximum Gasteiger partial charge on any atom is 0.313 e. The van der Waals surface area contributed by atoms with Crippen molar-refractivity contribution in [3.63, 3.8) is 0 Å². The Morgan fingerprint density at radius 3 is 3.05 bits per heavy atom. The second-order valence-corrected chi connectivity index (χ2v) is 6.45. The first-order chi connectivity index (χ1) is 9.61. The molecule has 2 rings (SSSR count). The average molecular weight is 311 g/mol. The van der Waals surface area contributed by atoms with Gasteiger partial charge in [-0.3, -0.25) is 4.79 Å². The molecule has 108 valence electrons. The van der Waals surface area contributed by atoms with Gasteiger partial charge in [0.2, 0.25) is 0 Å². The molecule has 0 saturated heterocycles. The summed E-state index contributed by atoms with van der Waals surface area (Å²) in [7, 11) is 0. The summed E-state index contributed by atoms with van der Waals surface area (Å²) in [5, 5.41) is 9.56. The van der Waals surface area contributed by atoms with Crippen LogP contribution >= 0.6 is 23.5 Å². The molecule has 0 aliphatic heterocycles. The maximum atomic E-state index is 10.7. The van der Waals surface area contributed by atoms with Crippen molar-refractivity contribution in [3.05, 3.63) is 18.3 Å². The Hall–Kier alpha value is -1.21. The fraction of sp³-hybridized carbons (Fsp3) is 0.462. The van der Waals surface area contributed by atoms with Gasteiger partial charge in [-0.2, -0.15) is 11.8 Å². The molecule has 0 amide bonds. The Morgan fingerprint density at radius 1 is 1.55 bits per heavy atom. The van der Waals surface area contributed by atoms with Gasteiger partial charge < -0.3 is 9.67 Å². The topological polar surface area (TPSA) is 68.0 Å². The second kappa shape index (κ2) is 6.99. The summed E-state index contributed by atoms with van der Waals surface area (Å²) in [5.74, 6) is 0.711. The van der Waals surface area contributed by atoms with E-state index in [2.05, 4.69) is 23.1 Å². The third-order valence-corrected chi connectivity index (χ3v) is 4.60. The lowest BCUT2D eigenvalue weighted by Gasteiger charge is -2.13. The summed E-state index contributed by atoms with van der Waals surface area (Å²) in [4.78, 5) is 19.6. The molecule has 0 fully saturated rings.